The number of carbonyl (C=O) groups is 1. The molecule has 2 aromatic rings. The molecule has 1 aliphatic heterocycles. The fourth-order valence-electron chi connectivity index (χ4n) is 2.55. The van der Waals surface area contributed by atoms with E-state index in [-0.39, 0.29) is 18.3 Å². The Labute approximate surface area is 128 Å². The molecular formula is C15H17ClN2OS. The summed E-state index contributed by atoms with van der Waals surface area (Å²) in [5.41, 5.74) is 8.88. The molecule has 0 saturated heterocycles. The average Bonchev–Trinajstić information content (AvgIpc) is 2.85. The normalized spacial score (nSPS) is 13.6. The van der Waals surface area contributed by atoms with Crippen LogP contribution in [0, 0.1) is 6.92 Å². The summed E-state index contributed by atoms with van der Waals surface area (Å²) in [5, 5.41) is 0. The van der Waals surface area contributed by atoms with Crippen molar-refractivity contribution >= 4 is 41.0 Å². The Hall–Kier alpha value is -1.52. The summed E-state index contributed by atoms with van der Waals surface area (Å²) in [6.07, 6.45) is 1.92. The summed E-state index contributed by atoms with van der Waals surface area (Å²) >= 11 is 1.55. The molecular weight excluding hydrogens is 292 g/mol. The molecule has 1 amide bonds. The molecule has 0 aliphatic carbocycles. The number of benzene rings is 1. The number of nitrogens with two attached hydrogens (primary N) is 1. The van der Waals surface area contributed by atoms with Crippen molar-refractivity contribution in [1.82, 2.24) is 0 Å². The summed E-state index contributed by atoms with van der Waals surface area (Å²) in [6, 6.07) is 9.70. The lowest BCUT2D eigenvalue weighted by molar-refractivity contribution is 0.0989. The lowest BCUT2D eigenvalue weighted by Gasteiger charge is -2.29. The second-order valence-electron chi connectivity index (χ2n) is 4.82. The molecule has 0 atom stereocenters. The minimum Gasteiger partial charge on any atom is -0.398 e. The van der Waals surface area contributed by atoms with Crippen LogP contribution in [-0.4, -0.2) is 12.5 Å². The number of rotatable bonds is 1. The second-order valence-corrected chi connectivity index (χ2v) is 6.10. The quantitative estimate of drug-likeness (QED) is 0.817. The number of aryl methyl sites for hydroxylation is 1. The second kappa shape index (κ2) is 5.85. The van der Waals surface area contributed by atoms with Gasteiger partial charge in [0, 0.05) is 22.8 Å². The molecule has 0 bridgehead atoms. The van der Waals surface area contributed by atoms with Crippen LogP contribution >= 0.6 is 23.7 Å². The molecule has 2 heterocycles. The van der Waals surface area contributed by atoms with Crippen LogP contribution in [0.15, 0.2) is 30.3 Å². The molecule has 0 saturated carbocycles. The summed E-state index contributed by atoms with van der Waals surface area (Å²) in [6.45, 7) is 2.79. The van der Waals surface area contributed by atoms with Gasteiger partial charge in [0.15, 0.2) is 0 Å². The first-order chi connectivity index (χ1) is 9.16. The van der Waals surface area contributed by atoms with Gasteiger partial charge >= 0.3 is 0 Å². The van der Waals surface area contributed by atoms with Crippen LogP contribution in [-0.2, 0) is 6.42 Å². The number of anilines is 2. The maximum absolute atomic E-state index is 12.6. The molecule has 20 heavy (non-hydrogen) atoms. The van der Waals surface area contributed by atoms with Crippen molar-refractivity contribution in [1.29, 1.82) is 0 Å². The fraction of sp³-hybridized carbons (Fsp3) is 0.267. The van der Waals surface area contributed by atoms with Crippen molar-refractivity contribution in [3.05, 3.63) is 45.6 Å². The Morgan fingerprint density at radius 3 is 2.80 bits per heavy atom. The Kier molecular flexibility index (Phi) is 4.35. The van der Waals surface area contributed by atoms with Crippen molar-refractivity contribution in [2.45, 2.75) is 19.8 Å². The third-order valence-electron chi connectivity index (χ3n) is 3.48. The third-order valence-corrected chi connectivity index (χ3v) is 4.47. The van der Waals surface area contributed by atoms with Gasteiger partial charge in [-0.25, -0.2) is 0 Å². The SMILES string of the molecule is Cc1ccc(C(=O)N2CCCc3c(N)cccc32)s1.Cl. The molecule has 1 aromatic heterocycles. The van der Waals surface area contributed by atoms with E-state index in [1.54, 1.807) is 11.3 Å². The zero-order valence-electron chi connectivity index (χ0n) is 11.3. The monoisotopic (exact) mass is 308 g/mol. The molecule has 0 radical (unpaired) electrons. The van der Waals surface area contributed by atoms with Crippen LogP contribution in [0.2, 0.25) is 0 Å². The molecule has 5 heteroatoms. The molecule has 0 fully saturated rings. The van der Waals surface area contributed by atoms with E-state index in [2.05, 4.69) is 0 Å². The van der Waals surface area contributed by atoms with Gasteiger partial charge in [0.25, 0.3) is 5.91 Å². The number of nitrogen functional groups attached to an aromatic ring is 1. The number of hydrogen-bond donors (Lipinski definition) is 1. The Bertz CT molecular complexity index is 639. The lowest BCUT2D eigenvalue weighted by Crippen LogP contribution is -2.35. The van der Waals surface area contributed by atoms with E-state index in [1.807, 2.05) is 42.2 Å². The third kappa shape index (κ3) is 2.53. The van der Waals surface area contributed by atoms with Crippen molar-refractivity contribution in [3.63, 3.8) is 0 Å². The van der Waals surface area contributed by atoms with Crippen LogP contribution in [0.4, 0.5) is 11.4 Å². The predicted molar refractivity (Wildman–Crippen MR) is 87.2 cm³/mol. The summed E-state index contributed by atoms with van der Waals surface area (Å²) in [4.78, 5) is 16.4. The highest BCUT2D eigenvalue weighted by molar-refractivity contribution is 7.14. The van der Waals surface area contributed by atoms with Gasteiger partial charge in [0.2, 0.25) is 0 Å². The molecule has 2 N–H and O–H groups in total. The predicted octanol–water partition coefficient (Wildman–Crippen LogP) is 3.65. The smallest absolute Gasteiger partial charge is 0.268 e. The molecule has 1 aromatic carbocycles. The Morgan fingerprint density at radius 1 is 1.30 bits per heavy atom. The number of amides is 1. The van der Waals surface area contributed by atoms with E-state index in [9.17, 15) is 4.79 Å². The minimum atomic E-state index is 0. The molecule has 106 valence electrons. The molecule has 3 rings (SSSR count). The zero-order valence-corrected chi connectivity index (χ0v) is 12.9. The molecule has 0 spiro atoms. The maximum atomic E-state index is 12.6. The highest BCUT2D eigenvalue weighted by atomic mass is 35.5. The van der Waals surface area contributed by atoms with Crippen LogP contribution in [0.25, 0.3) is 0 Å². The first kappa shape index (κ1) is 14.9. The number of nitrogens with zero attached hydrogens (tertiary/aromatic N) is 1. The van der Waals surface area contributed by atoms with Gasteiger partial charge in [-0.3, -0.25) is 4.79 Å². The summed E-state index contributed by atoms with van der Waals surface area (Å²) in [5.74, 6) is 0.0876. The lowest BCUT2D eigenvalue weighted by atomic mass is 10.00. The van der Waals surface area contributed by atoms with E-state index >= 15 is 0 Å². The van der Waals surface area contributed by atoms with E-state index in [1.165, 1.54) is 0 Å². The van der Waals surface area contributed by atoms with Gasteiger partial charge < -0.3 is 10.6 Å². The average molecular weight is 309 g/mol. The van der Waals surface area contributed by atoms with Crippen LogP contribution in [0.3, 0.4) is 0 Å². The molecule has 3 nitrogen and oxygen atoms in total. The van der Waals surface area contributed by atoms with Crippen LogP contribution in [0.1, 0.15) is 26.5 Å². The van der Waals surface area contributed by atoms with Crippen LogP contribution in [0.5, 0.6) is 0 Å². The topological polar surface area (TPSA) is 46.3 Å². The largest absolute Gasteiger partial charge is 0.398 e. The van der Waals surface area contributed by atoms with Crippen molar-refractivity contribution in [2.75, 3.05) is 17.2 Å². The van der Waals surface area contributed by atoms with Crippen molar-refractivity contribution in [3.8, 4) is 0 Å². The van der Waals surface area contributed by atoms with Gasteiger partial charge in [-0.05, 0) is 49.6 Å². The fourth-order valence-corrected chi connectivity index (χ4v) is 3.36. The van der Waals surface area contributed by atoms with Crippen molar-refractivity contribution < 1.29 is 4.79 Å². The number of fused-ring (bicyclic) bond motifs is 1. The number of thiophene rings is 1. The van der Waals surface area contributed by atoms with Crippen LogP contribution < -0.4 is 10.6 Å². The summed E-state index contributed by atoms with van der Waals surface area (Å²) in [7, 11) is 0. The van der Waals surface area contributed by atoms with Gasteiger partial charge in [0.1, 0.15) is 0 Å². The summed E-state index contributed by atoms with van der Waals surface area (Å²) < 4.78 is 0. The highest BCUT2D eigenvalue weighted by Crippen LogP contribution is 2.33. The van der Waals surface area contributed by atoms with Gasteiger partial charge in [-0.1, -0.05) is 6.07 Å². The van der Waals surface area contributed by atoms with Gasteiger partial charge in [-0.2, -0.15) is 0 Å². The zero-order chi connectivity index (χ0) is 13.4. The van der Waals surface area contributed by atoms with E-state index < -0.39 is 0 Å². The Balaban J connectivity index is 0.00000147. The van der Waals surface area contributed by atoms with E-state index in [0.717, 1.165) is 46.1 Å². The number of carbonyl (C=O) groups excluding carboxylic acids is 1. The standard InChI is InChI=1S/C15H16N2OS.ClH/c1-10-7-8-14(19-10)15(18)17-9-3-4-11-12(16)5-2-6-13(11)17;/h2,5-8H,3-4,9,16H2,1H3;1H. The molecule has 0 unspecified atom stereocenters. The highest BCUT2D eigenvalue weighted by Gasteiger charge is 2.25. The van der Waals surface area contributed by atoms with Gasteiger partial charge in [-0.15, -0.1) is 23.7 Å². The van der Waals surface area contributed by atoms with E-state index in [0.29, 0.717) is 0 Å². The first-order valence-electron chi connectivity index (χ1n) is 6.42. The number of hydrogen-bond acceptors (Lipinski definition) is 3. The van der Waals surface area contributed by atoms with E-state index in [4.69, 9.17) is 5.73 Å². The maximum Gasteiger partial charge on any atom is 0.268 e. The van der Waals surface area contributed by atoms with Crippen molar-refractivity contribution in [2.24, 2.45) is 0 Å². The molecule has 1 aliphatic rings. The van der Waals surface area contributed by atoms with Gasteiger partial charge in [0.05, 0.1) is 4.88 Å². The minimum absolute atomic E-state index is 0. The Morgan fingerprint density at radius 2 is 2.10 bits per heavy atom. The first-order valence-corrected chi connectivity index (χ1v) is 7.24. The number of halogens is 1.